The summed E-state index contributed by atoms with van der Waals surface area (Å²) in [7, 11) is 0. The summed E-state index contributed by atoms with van der Waals surface area (Å²) in [6.45, 7) is 4.54. The third-order valence-corrected chi connectivity index (χ3v) is 8.11. The summed E-state index contributed by atoms with van der Waals surface area (Å²) in [5.41, 5.74) is 1.40. The summed E-state index contributed by atoms with van der Waals surface area (Å²) in [6.07, 6.45) is 8.69. The first kappa shape index (κ1) is 15.2. The molecule has 2 unspecified atom stereocenters. The molecule has 4 rings (SSSR count). The number of aliphatic hydroxyl groups excluding tert-OH is 1. The minimum Gasteiger partial charge on any atom is -0.393 e. The topological polar surface area (TPSA) is 37.3 Å². The number of hydrogen-bond donors (Lipinski definition) is 1. The van der Waals surface area contributed by atoms with Gasteiger partial charge in [0.05, 0.1) is 6.10 Å². The fourth-order valence-electron chi connectivity index (χ4n) is 6.47. The number of ketones is 1. The molecule has 7 atom stereocenters. The predicted octanol–water partition coefficient (Wildman–Crippen LogP) is 4.10. The molecule has 22 heavy (non-hydrogen) atoms. The van der Waals surface area contributed by atoms with Gasteiger partial charge in [0.25, 0.3) is 0 Å². The van der Waals surface area contributed by atoms with Gasteiger partial charge in [-0.15, -0.1) is 11.6 Å². The molecule has 0 aromatic heterocycles. The highest BCUT2D eigenvalue weighted by Crippen LogP contribution is 2.64. The van der Waals surface area contributed by atoms with Gasteiger partial charge in [0.1, 0.15) is 5.78 Å². The number of carbonyl (C=O) groups excluding carboxylic acids is 1. The van der Waals surface area contributed by atoms with E-state index < -0.39 is 0 Å². The highest BCUT2D eigenvalue weighted by atomic mass is 35.5. The molecule has 0 heterocycles. The van der Waals surface area contributed by atoms with Crippen LogP contribution in [-0.2, 0) is 4.79 Å². The molecule has 122 valence electrons. The van der Waals surface area contributed by atoms with Gasteiger partial charge >= 0.3 is 0 Å². The average Bonchev–Trinajstić information content (AvgIpc) is 2.75. The Morgan fingerprint density at radius 3 is 2.82 bits per heavy atom. The normalized spacial score (nSPS) is 54.3. The molecule has 3 saturated carbocycles. The van der Waals surface area contributed by atoms with Gasteiger partial charge < -0.3 is 5.11 Å². The van der Waals surface area contributed by atoms with E-state index in [0.29, 0.717) is 23.5 Å². The summed E-state index contributed by atoms with van der Waals surface area (Å²) in [5.74, 6) is 1.99. The van der Waals surface area contributed by atoms with Crippen LogP contribution in [0.3, 0.4) is 0 Å². The molecule has 4 aliphatic carbocycles. The molecule has 4 aliphatic rings. The number of halogens is 1. The molecular formula is C19H27ClO2. The minimum absolute atomic E-state index is 0.0947. The Morgan fingerprint density at radius 1 is 1.27 bits per heavy atom. The zero-order valence-electron chi connectivity index (χ0n) is 13.6. The molecule has 0 amide bonds. The lowest BCUT2D eigenvalue weighted by molar-refractivity contribution is -0.131. The van der Waals surface area contributed by atoms with Crippen LogP contribution in [0.1, 0.15) is 58.8 Å². The van der Waals surface area contributed by atoms with Crippen molar-refractivity contribution in [3.05, 3.63) is 11.6 Å². The fraction of sp³-hybridized carbons (Fsp3) is 0.842. The first-order valence-electron chi connectivity index (χ1n) is 8.91. The van der Waals surface area contributed by atoms with Crippen LogP contribution in [0.4, 0.5) is 0 Å². The third-order valence-electron chi connectivity index (χ3n) is 7.68. The van der Waals surface area contributed by atoms with E-state index in [0.717, 1.165) is 44.9 Å². The van der Waals surface area contributed by atoms with Crippen molar-refractivity contribution >= 4 is 17.4 Å². The number of aliphatic hydroxyl groups is 1. The fourth-order valence-corrected chi connectivity index (χ4v) is 7.26. The van der Waals surface area contributed by atoms with E-state index in [2.05, 4.69) is 19.9 Å². The number of hydrogen-bond acceptors (Lipinski definition) is 2. The maximum atomic E-state index is 12.4. The van der Waals surface area contributed by atoms with Gasteiger partial charge in [0.15, 0.2) is 0 Å². The lowest BCUT2D eigenvalue weighted by Crippen LogP contribution is -2.55. The van der Waals surface area contributed by atoms with Crippen LogP contribution in [0, 0.1) is 28.6 Å². The maximum absolute atomic E-state index is 12.4. The molecule has 3 fully saturated rings. The van der Waals surface area contributed by atoms with Gasteiger partial charge in [-0.05, 0) is 61.7 Å². The molecule has 3 heteroatoms. The molecule has 2 nitrogen and oxygen atoms in total. The largest absolute Gasteiger partial charge is 0.393 e. The lowest BCUT2D eigenvalue weighted by Gasteiger charge is -2.58. The van der Waals surface area contributed by atoms with E-state index >= 15 is 0 Å². The SMILES string of the molecule is C[C@]12CCC(O)CC1=CC[C@@H]1[C@H]2C(Cl)C[C@]2(C)C(=O)CC[C@@H]12. The zero-order valence-corrected chi connectivity index (χ0v) is 14.4. The van der Waals surface area contributed by atoms with E-state index in [1.165, 1.54) is 5.57 Å². The van der Waals surface area contributed by atoms with E-state index in [1.807, 2.05) is 0 Å². The highest BCUT2D eigenvalue weighted by Gasteiger charge is 2.61. The van der Waals surface area contributed by atoms with Gasteiger partial charge in [0, 0.05) is 17.2 Å². The lowest BCUT2D eigenvalue weighted by atomic mass is 9.48. The van der Waals surface area contributed by atoms with E-state index in [-0.39, 0.29) is 22.3 Å². The number of alkyl halides is 1. The van der Waals surface area contributed by atoms with Crippen LogP contribution in [0.5, 0.6) is 0 Å². The quantitative estimate of drug-likeness (QED) is 0.538. The second-order valence-corrected chi connectivity index (χ2v) is 9.24. The second-order valence-electron chi connectivity index (χ2n) is 8.67. The standard InChI is InChI=1S/C19H27ClO2/c1-18-8-7-12(21)9-11(18)3-4-13-14-5-6-16(22)19(14,2)10-15(20)17(13)18/h3,12-15,17,21H,4-10H2,1-2H3/t12?,13-,14-,15?,17-,18-,19-/m0/s1. The van der Waals surface area contributed by atoms with Crippen molar-refractivity contribution in [1.82, 2.24) is 0 Å². The number of rotatable bonds is 0. The highest BCUT2D eigenvalue weighted by molar-refractivity contribution is 6.21. The van der Waals surface area contributed by atoms with Crippen molar-refractivity contribution in [2.24, 2.45) is 28.6 Å². The molecule has 0 spiro atoms. The van der Waals surface area contributed by atoms with Crippen molar-refractivity contribution < 1.29 is 9.90 Å². The summed E-state index contributed by atoms with van der Waals surface area (Å²) in [5, 5.41) is 10.1. The van der Waals surface area contributed by atoms with Gasteiger partial charge in [-0.3, -0.25) is 4.79 Å². The molecule has 0 aromatic carbocycles. The number of carbonyl (C=O) groups is 1. The summed E-state index contributed by atoms with van der Waals surface area (Å²) < 4.78 is 0. The molecular weight excluding hydrogens is 296 g/mol. The molecule has 0 aromatic rings. The van der Waals surface area contributed by atoms with Gasteiger partial charge in [0.2, 0.25) is 0 Å². The smallest absolute Gasteiger partial charge is 0.139 e. The Kier molecular flexibility index (Phi) is 3.34. The zero-order chi connectivity index (χ0) is 15.7. The molecule has 1 N–H and O–H groups in total. The Labute approximate surface area is 138 Å². The van der Waals surface area contributed by atoms with Crippen LogP contribution >= 0.6 is 11.6 Å². The maximum Gasteiger partial charge on any atom is 0.139 e. The van der Waals surface area contributed by atoms with Gasteiger partial charge in [-0.2, -0.15) is 0 Å². The van der Waals surface area contributed by atoms with Crippen LogP contribution in [0.2, 0.25) is 0 Å². The predicted molar refractivity (Wildman–Crippen MR) is 87.7 cm³/mol. The number of allylic oxidation sites excluding steroid dienone is 1. The van der Waals surface area contributed by atoms with E-state index in [1.54, 1.807) is 0 Å². The third kappa shape index (κ3) is 1.86. The van der Waals surface area contributed by atoms with Gasteiger partial charge in [-0.1, -0.05) is 25.5 Å². The molecule has 0 radical (unpaired) electrons. The Morgan fingerprint density at radius 2 is 2.05 bits per heavy atom. The van der Waals surface area contributed by atoms with Crippen LogP contribution in [0.25, 0.3) is 0 Å². The Hall–Kier alpha value is -0.340. The monoisotopic (exact) mass is 322 g/mol. The first-order chi connectivity index (χ1) is 10.4. The Bertz CT molecular complexity index is 542. The summed E-state index contributed by atoms with van der Waals surface area (Å²) in [4.78, 5) is 12.4. The van der Waals surface area contributed by atoms with Crippen LogP contribution in [0.15, 0.2) is 11.6 Å². The summed E-state index contributed by atoms with van der Waals surface area (Å²) >= 11 is 6.92. The molecule has 0 saturated heterocycles. The van der Waals surface area contributed by atoms with Crippen molar-refractivity contribution in [2.75, 3.05) is 0 Å². The van der Waals surface area contributed by atoms with Crippen molar-refractivity contribution in [3.8, 4) is 0 Å². The van der Waals surface area contributed by atoms with Crippen molar-refractivity contribution in [1.29, 1.82) is 0 Å². The summed E-state index contributed by atoms with van der Waals surface area (Å²) in [6, 6.07) is 0. The Balaban J connectivity index is 1.74. The number of Topliss-reactive ketones (excluding diaryl/α,β-unsaturated/α-hetero) is 1. The van der Waals surface area contributed by atoms with E-state index in [9.17, 15) is 9.90 Å². The molecule has 0 bridgehead atoms. The van der Waals surface area contributed by atoms with Crippen LogP contribution < -0.4 is 0 Å². The molecule has 0 aliphatic heterocycles. The minimum atomic E-state index is -0.177. The first-order valence-corrected chi connectivity index (χ1v) is 9.35. The second kappa shape index (κ2) is 4.83. The number of fused-ring (bicyclic) bond motifs is 5. The van der Waals surface area contributed by atoms with Crippen molar-refractivity contribution in [3.63, 3.8) is 0 Å². The van der Waals surface area contributed by atoms with Crippen LogP contribution in [-0.4, -0.2) is 22.4 Å². The van der Waals surface area contributed by atoms with Gasteiger partial charge in [-0.25, -0.2) is 0 Å². The van der Waals surface area contributed by atoms with Crippen molar-refractivity contribution in [2.45, 2.75) is 70.3 Å². The van der Waals surface area contributed by atoms with E-state index in [4.69, 9.17) is 11.6 Å². The average molecular weight is 323 g/mol.